The largest absolute Gasteiger partial charge is 0.353 e. The van der Waals surface area contributed by atoms with E-state index in [9.17, 15) is 4.39 Å². The molecule has 2 unspecified atom stereocenters. The highest BCUT2D eigenvalue weighted by atomic mass is 19.1. The van der Waals surface area contributed by atoms with Crippen LogP contribution in [0.1, 0.15) is 33.6 Å². The maximum atomic E-state index is 13.4. The van der Waals surface area contributed by atoms with Crippen molar-refractivity contribution in [1.82, 2.24) is 10.2 Å². The molecule has 92 valence electrons. The minimum absolute atomic E-state index is 0.337. The molecular weight excluding hydrogens is 205 g/mol. The third-order valence-corrected chi connectivity index (χ3v) is 3.33. The van der Waals surface area contributed by atoms with Crippen LogP contribution in [0, 0.1) is 5.92 Å². The van der Waals surface area contributed by atoms with Crippen LogP contribution in [-0.4, -0.2) is 42.2 Å². The van der Waals surface area contributed by atoms with E-state index < -0.39 is 5.67 Å². The number of hydrogen-bond donors (Lipinski definition) is 1. The number of piperidine rings is 1. The smallest absolute Gasteiger partial charge is 0.194 e. The number of nitrogens with one attached hydrogen (secondary N) is 1. The van der Waals surface area contributed by atoms with Gasteiger partial charge < -0.3 is 10.2 Å². The zero-order chi connectivity index (χ0) is 11.8. The van der Waals surface area contributed by atoms with E-state index in [1.54, 1.807) is 13.8 Å². The highest BCUT2D eigenvalue weighted by Crippen LogP contribution is 2.25. The van der Waals surface area contributed by atoms with E-state index in [1.165, 1.54) is 12.8 Å². The minimum Gasteiger partial charge on any atom is -0.353 e. The van der Waals surface area contributed by atoms with Crippen LogP contribution in [-0.2, 0) is 0 Å². The van der Waals surface area contributed by atoms with E-state index in [4.69, 9.17) is 0 Å². The van der Waals surface area contributed by atoms with Gasteiger partial charge in [0.15, 0.2) is 5.96 Å². The lowest BCUT2D eigenvalue weighted by molar-refractivity contribution is 0.197. The average Bonchev–Trinajstić information content (AvgIpc) is 2.56. The van der Waals surface area contributed by atoms with Crippen molar-refractivity contribution in [2.75, 3.05) is 19.6 Å². The molecule has 0 aliphatic carbocycles. The van der Waals surface area contributed by atoms with Crippen LogP contribution in [0.15, 0.2) is 4.99 Å². The first-order valence-electron chi connectivity index (χ1n) is 6.19. The molecule has 1 N–H and O–H groups in total. The molecule has 2 aliphatic heterocycles. The second-order valence-corrected chi connectivity index (χ2v) is 5.73. The van der Waals surface area contributed by atoms with Gasteiger partial charge in [-0.1, -0.05) is 6.92 Å². The SMILES string of the molecule is CC1CCC2CN=C(NCC(C)(C)F)N2C1. The van der Waals surface area contributed by atoms with Crippen LogP contribution in [0.2, 0.25) is 0 Å². The van der Waals surface area contributed by atoms with Gasteiger partial charge >= 0.3 is 0 Å². The Hall–Kier alpha value is -0.800. The lowest BCUT2D eigenvalue weighted by Gasteiger charge is -2.36. The Morgan fingerprint density at radius 3 is 2.94 bits per heavy atom. The van der Waals surface area contributed by atoms with Crippen molar-refractivity contribution in [1.29, 1.82) is 0 Å². The Balaban J connectivity index is 1.91. The zero-order valence-electron chi connectivity index (χ0n) is 10.5. The summed E-state index contributed by atoms with van der Waals surface area (Å²) in [4.78, 5) is 6.80. The van der Waals surface area contributed by atoms with E-state index in [0.717, 1.165) is 25.0 Å². The first-order valence-corrected chi connectivity index (χ1v) is 6.19. The summed E-state index contributed by atoms with van der Waals surface area (Å²) in [6.07, 6.45) is 2.51. The van der Waals surface area contributed by atoms with Crippen molar-refractivity contribution in [2.45, 2.75) is 45.3 Å². The molecule has 1 fully saturated rings. The van der Waals surface area contributed by atoms with E-state index in [1.807, 2.05) is 0 Å². The summed E-state index contributed by atoms with van der Waals surface area (Å²) in [5, 5.41) is 3.14. The van der Waals surface area contributed by atoms with Crippen molar-refractivity contribution >= 4 is 5.96 Å². The van der Waals surface area contributed by atoms with Gasteiger partial charge in [-0.3, -0.25) is 4.99 Å². The van der Waals surface area contributed by atoms with E-state index in [2.05, 4.69) is 22.1 Å². The van der Waals surface area contributed by atoms with Gasteiger partial charge in [-0.15, -0.1) is 0 Å². The predicted octanol–water partition coefficient (Wildman–Crippen LogP) is 1.79. The average molecular weight is 227 g/mol. The number of fused-ring (bicyclic) bond motifs is 1. The standard InChI is InChI=1S/C12H22FN3/c1-9-4-5-10-6-14-11(16(10)7-9)15-8-12(2,3)13/h9-10H,4-8H2,1-3H3,(H,14,15). The Labute approximate surface area is 97.1 Å². The fourth-order valence-electron chi connectivity index (χ4n) is 2.39. The molecule has 0 spiro atoms. The van der Waals surface area contributed by atoms with Crippen molar-refractivity contribution in [3.63, 3.8) is 0 Å². The van der Waals surface area contributed by atoms with Crippen molar-refractivity contribution in [2.24, 2.45) is 10.9 Å². The predicted molar refractivity (Wildman–Crippen MR) is 64.4 cm³/mol. The molecule has 0 radical (unpaired) electrons. The maximum Gasteiger partial charge on any atom is 0.194 e. The lowest BCUT2D eigenvalue weighted by Crippen LogP contribution is -2.50. The topological polar surface area (TPSA) is 27.6 Å². The van der Waals surface area contributed by atoms with Crippen LogP contribution in [0.25, 0.3) is 0 Å². The third kappa shape index (κ3) is 2.66. The molecule has 0 saturated carbocycles. The summed E-state index contributed by atoms with van der Waals surface area (Å²) in [6.45, 7) is 7.72. The number of halogens is 1. The molecule has 3 nitrogen and oxygen atoms in total. The van der Waals surface area contributed by atoms with E-state index in [-0.39, 0.29) is 0 Å². The molecule has 0 aromatic carbocycles. The van der Waals surface area contributed by atoms with Crippen molar-refractivity contribution < 1.29 is 4.39 Å². The highest BCUT2D eigenvalue weighted by Gasteiger charge is 2.33. The Morgan fingerprint density at radius 1 is 1.50 bits per heavy atom. The zero-order valence-corrected chi connectivity index (χ0v) is 10.5. The summed E-state index contributed by atoms with van der Waals surface area (Å²) >= 11 is 0. The normalized spacial score (nSPS) is 30.0. The molecule has 4 heteroatoms. The van der Waals surface area contributed by atoms with Crippen LogP contribution in [0.4, 0.5) is 4.39 Å². The molecule has 2 aliphatic rings. The third-order valence-electron chi connectivity index (χ3n) is 3.33. The molecule has 1 saturated heterocycles. The Morgan fingerprint density at radius 2 is 2.25 bits per heavy atom. The van der Waals surface area contributed by atoms with Crippen molar-refractivity contribution in [3.8, 4) is 0 Å². The Kier molecular flexibility index (Phi) is 3.08. The quantitative estimate of drug-likeness (QED) is 0.779. The molecule has 2 heterocycles. The molecule has 0 amide bonds. The van der Waals surface area contributed by atoms with Gasteiger partial charge in [0.05, 0.1) is 19.1 Å². The summed E-state index contributed by atoms with van der Waals surface area (Å²) in [5.41, 5.74) is -1.18. The molecule has 0 aromatic heterocycles. The van der Waals surface area contributed by atoms with Gasteiger partial charge in [-0.2, -0.15) is 0 Å². The van der Waals surface area contributed by atoms with Crippen LogP contribution < -0.4 is 5.32 Å². The summed E-state index contributed by atoms with van der Waals surface area (Å²) < 4.78 is 13.4. The number of nitrogens with zero attached hydrogens (tertiary/aromatic N) is 2. The summed E-state index contributed by atoms with van der Waals surface area (Å²) in [7, 11) is 0. The minimum atomic E-state index is -1.18. The number of guanidine groups is 1. The molecule has 0 bridgehead atoms. The van der Waals surface area contributed by atoms with Crippen LogP contribution >= 0.6 is 0 Å². The maximum absolute atomic E-state index is 13.4. The highest BCUT2D eigenvalue weighted by molar-refractivity contribution is 5.82. The van der Waals surface area contributed by atoms with Gasteiger partial charge in [0.2, 0.25) is 0 Å². The molecule has 16 heavy (non-hydrogen) atoms. The second-order valence-electron chi connectivity index (χ2n) is 5.73. The fraction of sp³-hybridized carbons (Fsp3) is 0.917. The van der Waals surface area contributed by atoms with Gasteiger partial charge in [-0.05, 0) is 32.6 Å². The Bertz CT molecular complexity index is 282. The summed E-state index contributed by atoms with van der Waals surface area (Å²) in [5.74, 6) is 1.63. The molecule has 2 atom stereocenters. The van der Waals surface area contributed by atoms with E-state index >= 15 is 0 Å². The summed E-state index contributed by atoms with van der Waals surface area (Å²) in [6, 6.07) is 0.557. The van der Waals surface area contributed by atoms with Crippen LogP contribution in [0.5, 0.6) is 0 Å². The van der Waals surface area contributed by atoms with Crippen molar-refractivity contribution in [3.05, 3.63) is 0 Å². The number of aliphatic imine (C=N–C) groups is 1. The van der Waals surface area contributed by atoms with Gasteiger partial charge in [0.25, 0.3) is 0 Å². The number of alkyl halides is 1. The van der Waals surface area contributed by atoms with Gasteiger partial charge in [-0.25, -0.2) is 4.39 Å². The molecular formula is C12H22FN3. The first-order chi connectivity index (χ1) is 7.46. The fourth-order valence-corrected chi connectivity index (χ4v) is 2.39. The molecule has 0 aromatic rings. The number of hydrogen-bond acceptors (Lipinski definition) is 3. The lowest BCUT2D eigenvalue weighted by atomic mass is 9.95. The monoisotopic (exact) mass is 227 g/mol. The number of rotatable bonds is 2. The van der Waals surface area contributed by atoms with Gasteiger partial charge in [0, 0.05) is 6.54 Å². The van der Waals surface area contributed by atoms with Gasteiger partial charge in [0.1, 0.15) is 5.67 Å². The molecule has 2 rings (SSSR count). The van der Waals surface area contributed by atoms with E-state index in [0.29, 0.717) is 12.6 Å². The van der Waals surface area contributed by atoms with Crippen LogP contribution in [0.3, 0.4) is 0 Å². The second kappa shape index (κ2) is 4.22. The first kappa shape index (κ1) is 11.7.